The molecule has 3 rings (SSSR count). The summed E-state index contributed by atoms with van der Waals surface area (Å²) in [4.78, 5) is 22.6. The maximum atomic E-state index is 12.6. The third kappa shape index (κ3) is 4.37. The number of amides is 1. The number of nitrogens with one attached hydrogen (secondary N) is 1. The van der Waals surface area contributed by atoms with E-state index in [2.05, 4.69) is 15.3 Å². The van der Waals surface area contributed by atoms with Gasteiger partial charge in [0, 0.05) is 31.7 Å². The first-order valence-electron chi connectivity index (χ1n) is 8.72. The van der Waals surface area contributed by atoms with Gasteiger partial charge in [0.15, 0.2) is 11.5 Å². The van der Waals surface area contributed by atoms with Crippen molar-refractivity contribution in [2.24, 2.45) is 0 Å². The number of para-hydroxylation sites is 1. The lowest BCUT2D eigenvalue weighted by Gasteiger charge is -2.17. The summed E-state index contributed by atoms with van der Waals surface area (Å²) >= 11 is 0. The maximum Gasteiger partial charge on any atom is 0.261 e. The smallest absolute Gasteiger partial charge is 0.261 e. The molecule has 0 unspecified atom stereocenters. The largest absolute Gasteiger partial charge is 0.493 e. The van der Waals surface area contributed by atoms with Crippen LogP contribution in [0.3, 0.4) is 0 Å². The Kier molecular flexibility index (Phi) is 6.06. The molecule has 1 aromatic heterocycles. The topological polar surface area (TPSA) is 76.6 Å². The molecule has 1 heterocycles. The van der Waals surface area contributed by atoms with E-state index in [0.717, 1.165) is 11.3 Å². The number of benzene rings is 2. The number of hydrogen-bond donors (Lipinski definition) is 1. The van der Waals surface area contributed by atoms with Gasteiger partial charge in [0.05, 0.1) is 19.8 Å². The molecule has 144 valence electrons. The van der Waals surface area contributed by atoms with Crippen LogP contribution in [0.4, 0.5) is 11.6 Å². The second-order valence-electron chi connectivity index (χ2n) is 6.04. The van der Waals surface area contributed by atoms with Crippen LogP contribution >= 0.6 is 0 Å². The van der Waals surface area contributed by atoms with Crippen LogP contribution in [0, 0.1) is 0 Å². The van der Waals surface area contributed by atoms with Crippen LogP contribution in [0.1, 0.15) is 15.9 Å². The molecule has 0 saturated carbocycles. The van der Waals surface area contributed by atoms with Gasteiger partial charge in [-0.05, 0) is 29.8 Å². The average Bonchev–Trinajstić information content (AvgIpc) is 2.77. The molecule has 1 amide bonds. The van der Waals surface area contributed by atoms with Gasteiger partial charge in [-0.1, -0.05) is 24.3 Å². The second kappa shape index (κ2) is 8.85. The van der Waals surface area contributed by atoms with E-state index in [4.69, 9.17) is 9.47 Å². The van der Waals surface area contributed by atoms with Crippen molar-refractivity contribution in [1.82, 2.24) is 9.97 Å². The van der Waals surface area contributed by atoms with Crippen LogP contribution in [-0.2, 0) is 6.54 Å². The Morgan fingerprint density at radius 3 is 2.32 bits per heavy atom. The van der Waals surface area contributed by atoms with Crippen molar-refractivity contribution in [1.29, 1.82) is 0 Å². The highest BCUT2D eigenvalue weighted by molar-refractivity contribution is 6.05. The molecule has 28 heavy (non-hydrogen) atoms. The summed E-state index contributed by atoms with van der Waals surface area (Å²) in [6.45, 7) is 0.511. The van der Waals surface area contributed by atoms with Crippen LogP contribution in [0.15, 0.2) is 60.9 Å². The van der Waals surface area contributed by atoms with Crippen molar-refractivity contribution in [3.05, 3.63) is 72.1 Å². The lowest BCUT2D eigenvalue weighted by Crippen LogP contribution is -2.26. The SMILES string of the molecule is COc1ccc(CNc2ncc(C(=O)N(C)c3ccccc3)cn2)cc1OC. The molecular weight excluding hydrogens is 356 g/mol. The van der Waals surface area contributed by atoms with E-state index in [9.17, 15) is 4.79 Å². The Morgan fingerprint density at radius 1 is 1.00 bits per heavy atom. The van der Waals surface area contributed by atoms with E-state index < -0.39 is 0 Å². The Bertz CT molecular complexity index is 930. The van der Waals surface area contributed by atoms with Gasteiger partial charge in [0.2, 0.25) is 5.95 Å². The van der Waals surface area contributed by atoms with Crippen molar-refractivity contribution >= 4 is 17.5 Å². The molecule has 7 nitrogen and oxygen atoms in total. The predicted molar refractivity (Wildman–Crippen MR) is 108 cm³/mol. The van der Waals surface area contributed by atoms with Gasteiger partial charge in [-0.25, -0.2) is 9.97 Å². The lowest BCUT2D eigenvalue weighted by atomic mass is 10.2. The number of carbonyl (C=O) groups excluding carboxylic acids is 1. The molecular formula is C21H22N4O3. The number of ether oxygens (including phenoxy) is 2. The van der Waals surface area contributed by atoms with E-state index >= 15 is 0 Å². The molecule has 0 atom stereocenters. The predicted octanol–water partition coefficient (Wildman–Crippen LogP) is 3.38. The fraction of sp³-hybridized carbons (Fsp3) is 0.190. The summed E-state index contributed by atoms with van der Waals surface area (Å²) in [6.07, 6.45) is 3.04. The molecule has 0 fully saturated rings. The quantitative estimate of drug-likeness (QED) is 0.679. The van der Waals surface area contributed by atoms with E-state index in [1.807, 2.05) is 48.5 Å². The van der Waals surface area contributed by atoms with Crippen molar-refractivity contribution in [3.8, 4) is 11.5 Å². The zero-order chi connectivity index (χ0) is 19.9. The number of carbonyl (C=O) groups is 1. The third-order valence-electron chi connectivity index (χ3n) is 4.25. The summed E-state index contributed by atoms with van der Waals surface area (Å²) in [6, 6.07) is 15.1. The Balaban J connectivity index is 1.64. The minimum atomic E-state index is -0.169. The molecule has 0 radical (unpaired) electrons. The van der Waals surface area contributed by atoms with Crippen LogP contribution in [0.25, 0.3) is 0 Å². The van der Waals surface area contributed by atoms with Crippen molar-refractivity contribution in [3.63, 3.8) is 0 Å². The first-order valence-corrected chi connectivity index (χ1v) is 8.72. The molecule has 0 saturated heterocycles. The van der Waals surface area contributed by atoms with Crippen molar-refractivity contribution in [2.75, 3.05) is 31.5 Å². The summed E-state index contributed by atoms with van der Waals surface area (Å²) in [5, 5.41) is 3.13. The van der Waals surface area contributed by atoms with Crippen LogP contribution in [0.5, 0.6) is 11.5 Å². The molecule has 0 aliphatic rings. The highest BCUT2D eigenvalue weighted by atomic mass is 16.5. The van der Waals surface area contributed by atoms with Crippen LogP contribution < -0.4 is 19.7 Å². The maximum absolute atomic E-state index is 12.6. The Morgan fingerprint density at radius 2 is 1.68 bits per heavy atom. The third-order valence-corrected chi connectivity index (χ3v) is 4.25. The summed E-state index contributed by atoms with van der Waals surface area (Å²) in [7, 11) is 4.92. The standard InChI is InChI=1S/C21H22N4O3/c1-25(17-7-5-4-6-8-17)20(26)16-13-23-21(24-14-16)22-12-15-9-10-18(27-2)19(11-15)28-3/h4-11,13-14H,12H2,1-3H3,(H,22,23,24). The van der Waals surface area contributed by atoms with Crippen molar-refractivity contribution in [2.45, 2.75) is 6.54 Å². The number of methoxy groups -OCH3 is 2. The minimum absolute atomic E-state index is 0.169. The zero-order valence-electron chi connectivity index (χ0n) is 16.0. The monoisotopic (exact) mass is 378 g/mol. The Labute approximate surface area is 164 Å². The molecule has 0 bridgehead atoms. The molecule has 0 aliphatic heterocycles. The van der Waals surface area contributed by atoms with Crippen molar-refractivity contribution < 1.29 is 14.3 Å². The first kappa shape index (κ1) is 19.2. The molecule has 7 heteroatoms. The summed E-state index contributed by atoms with van der Waals surface area (Å²) < 4.78 is 10.5. The zero-order valence-corrected chi connectivity index (χ0v) is 16.0. The van der Waals surface area contributed by atoms with Crippen LogP contribution in [0.2, 0.25) is 0 Å². The van der Waals surface area contributed by atoms with Gasteiger partial charge < -0.3 is 19.7 Å². The van der Waals surface area contributed by atoms with Gasteiger partial charge >= 0.3 is 0 Å². The van der Waals surface area contributed by atoms with Gasteiger partial charge in [0.1, 0.15) is 0 Å². The minimum Gasteiger partial charge on any atom is -0.493 e. The molecule has 1 N–H and O–H groups in total. The van der Waals surface area contributed by atoms with Gasteiger partial charge in [-0.2, -0.15) is 0 Å². The molecule has 0 spiro atoms. The van der Waals surface area contributed by atoms with Gasteiger partial charge in [0.25, 0.3) is 5.91 Å². The van der Waals surface area contributed by atoms with E-state index in [-0.39, 0.29) is 5.91 Å². The molecule has 0 aliphatic carbocycles. The van der Waals surface area contributed by atoms with Gasteiger partial charge in [-0.3, -0.25) is 4.79 Å². The number of rotatable bonds is 7. The first-order chi connectivity index (χ1) is 13.6. The number of nitrogens with zero attached hydrogens (tertiary/aromatic N) is 3. The average molecular weight is 378 g/mol. The lowest BCUT2D eigenvalue weighted by molar-refractivity contribution is 0.0992. The highest BCUT2D eigenvalue weighted by Crippen LogP contribution is 2.27. The second-order valence-corrected chi connectivity index (χ2v) is 6.04. The summed E-state index contributed by atoms with van der Waals surface area (Å²) in [5.74, 6) is 1.60. The highest BCUT2D eigenvalue weighted by Gasteiger charge is 2.14. The molecule has 3 aromatic rings. The summed E-state index contributed by atoms with van der Waals surface area (Å²) in [5.41, 5.74) is 2.22. The number of anilines is 2. The van der Waals surface area contributed by atoms with Gasteiger partial charge in [-0.15, -0.1) is 0 Å². The number of aromatic nitrogens is 2. The number of hydrogen-bond acceptors (Lipinski definition) is 6. The Hall–Kier alpha value is -3.61. The normalized spacial score (nSPS) is 10.2. The van der Waals surface area contributed by atoms with E-state index in [0.29, 0.717) is 29.6 Å². The fourth-order valence-corrected chi connectivity index (χ4v) is 2.66. The van der Waals surface area contributed by atoms with E-state index in [1.54, 1.807) is 26.2 Å². The molecule has 2 aromatic carbocycles. The van der Waals surface area contributed by atoms with Crippen LogP contribution in [-0.4, -0.2) is 37.1 Å². The fourth-order valence-electron chi connectivity index (χ4n) is 2.66. The van der Waals surface area contributed by atoms with E-state index in [1.165, 1.54) is 12.4 Å².